The van der Waals surface area contributed by atoms with Crippen LogP contribution in [0.2, 0.25) is 10.0 Å². The number of alkyl halides is 2. The molecule has 0 bridgehead atoms. The summed E-state index contributed by atoms with van der Waals surface area (Å²) in [6.07, 6.45) is -0.0754. The first kappa shape index (κ1) is 51.6. The average molecular weight is 1050 g/mol. The van der Waals surface area contributed by atoms with Gasteiger partial charge >= 0.3 is 26.8 Å². The highest BCUT2D eigenvalue weighted by Crippen LogP contribution is 2.31. The van der Waals surface area contributed by atoms with Gasteiger partial charge in [-0.1, -0.05) is 35.3 Å². The van der Waals surface area contributed by atoms with Crippen LogP contribution in [0.15, 0.2) is 89.6 Å². The van der Waals surface area contributed by atoms with Crippen LogP contribution in [0.5, 0.6) is 0 Å². The molecule has 5 aromatic rings. The second-order valence-corrected chi connectivity index (χ2v) is 21.8. The van der Waals surface area contributed by atoms with E-state index in [1.807, 2.05) is 13.8 Å². The van der Waals surface area contributed by atoms with Crippen LogP contribution in [0, 0.1) is 0 Å². The van der Waals surface area contributed by atoms with Crippen molar-refractivity contribution in [1.29, 1.82) is 0 Å². The molecule has 0 saturated carbocycles. The summed E-state index contributed by atoms with van der Waals surface area (Å²) in [4.78, 5) is 25.0. The molecule has 2 N–H and O–H groups in total. The highest BCUT2D eigenvalue weighted by atomic mass is 35.5. The number of hydrogen-bond donors (Lipinski definition) is 1. The minimum absolute atomic E-state index is 0.00479. The maximum absolute atomic E-state index is 13.9. The average Bonchev–Trinajstić information content (AvgIpc) is 3.81. The summed E-state index contributed by atoms with van der Waals surface area (Å²) in [5.41, 5.74) is 7.93. The van der Waals surface area contributed by atoms with Gasteiger partial charge in [0.2, 0.25) is 5.89 Å². The van der Waals surface area contributed by atoms with E-state index in [2.05, 4.69) is 30.0 Å². The molecular formula is C45H53Cl2F2N11O8S2. The van der Waals surface area contributed by atoms with E-state index in [4.69, 9.17) is 42.8 Å². The fraction of sp³-hybridized carbons (Fsp3) is 0.444. The summed E-state index contributed by atoms with van der Waals surface area (Å²) in [6, 6.07) is 20.6. The quantitative estimate of drug-likeness (QED) is 0.130. The van der Waals surface area contributed by atoms with Gasteiger partial charge in [0.1, 0.15) is 0 Å². The van der Waals surface area contributed by atoms with Crippen LogP contribution in [0.25, 0.3) is 11.5 Å². The molecule has 2 aromatic carbocycles. The number of benzene rings is 2. The summed E-state index contributed by atoms with van der Waals surface area (Å²) in [5, 5.41) is 7.77. The number of carbonyl (C=O) groups excluding carboxylic acids is 1. The van der Waals surface area contributed by atoms with Gasteiger partial charge in [-0.25, -0.2) is 0 Å². The van der Waals surface area contributed by atoms with E-state index < -0.39 is 32.7 Å². The third kappa shape index (κ3) is 11.8. The van der Waals surface area contributed by atoms with Crippen molar-refractivity contribution >= 4 is 60.8 Å². The summed E-state index contributed by atoms with van der Waals surface area (Å²) >= 11 is 12.4. The second-order valence-electron chi connectivity index (χ2n) is 17.2. The fourth-order valence-corrected chi connectivity index (χ4v) is 12.3. The third-order valence-corrected chi connectivity index (χ3v) is 16.7. The maximum Gasteiger partial charge on any atom is 0.314 e. The first-order valence-corrected chi connectivity index (χ1v) is 26.1. The zero-order valence-electron chi connectivity index (χ0n) is 38.3. The van der Waals surface area contributed by atoms with Gasteiger partial charge < -0.3 is 19.6 Å². The van der Waals surface area contributed by atoms with Crippen LogP contribution in [-0.2, 0) is 43.0 Å². The summed E-state index contributed by atoms with van der Waals surface area (Å²) in [5.74, 6) is -1.11. The van der Waals surface area contributed by atoms with E-state index in [1.54, 1.807) is 72.8 Å². The molecule has 70 heavy (non-hydrogen) atoms. The Labute approximate surface area is 415 Å². The van der Waals surface area contributed by atoms with Gasteiger partial charge in [0, 0.05) is 79.4 Å². The van der Waals surface area contributed by atoms with Crippen molar-refractivity contribution in [3.63, 3.8) is 0 Å². The van der Waals surface area contributed by atoms with Gasteiger partial charge in [0.25, 0.3) is 5.89 Å². The number of aromatic nitrogens is 4. The number of carbonyl (C=O) groups is 1. The van der Waals surface area contributed by atoms with E-state index in [0.29, 0.717) is 122 Å². The molecule has 0 spiro atoms. The number of anilines is 2. The van der Waals surface area contributed by atoms with Gasteiger partial charge in [-0.3, -0.25) is 33.2 Å². The number of rotatable bonds is 16. The topological polar surface area (TPSA) is 214 Å². The summed E-state index contributed by atoms with van der Waals surface area (Å²) in [6.45, 7) is 9.31. The van der Waals surface area contributed by atoms with E-state index in [-0.39, 0.29) is 43.4 Å². The first-order chi connectivity index (χ1) is 33.5. The lowest BCUT2D eigenvalue weighted by atomic mass is 10.1. The second kappa shape index (κ2) is 22.3. The lowest BCUT2D eigenvalue weighted by Gasteiger charge is -2.46. The smallest absolute Gasteiger partial charge is 0.314 e. The number of piperazine rings is 2. The molecule has 0 amide bonds. The Morgan fingerprint density at radius 3 is 1.60 bits per heavy atom. The molecular weight excluding hydrogens is 996 g/mol. The Morgan fingerprint density at radius 1 is 0.729 bits per heavy atom. The molecule has 0 radical (unpaired) electrons. The zero-order chi connectivity index (χ0) is 49.7. The predicted octanol–water partition coefficient (Wildman–Crippen LogP) is 4.91. The molecule has 0 unspecified atom stereocenters. The molecule has 19 nitrogen and oxygen atoms in total. The Morgan fingerprint density at radius 2 is 1.23 bits per heavy atom. The van der Waals surface area contributed by atoms with Gasteiger partial charge in [0.05, 0.1) is 86.5 Å². The van der Waals surface area contributed by atoms with E-state index in [0.717, 1.165) is 0 Å². The minimum atomic E-state index is -3.95. The molecule has 4 saturated heterocycles. The highest BCUT2D eigenvalue weighted by molar-refractivity contribution is 7.90. The molecule has 3 aromatic heterocycles. The van der Waals surface area contributed by atoms with Crippen molar-refractivity contribution in [3.05, 3.63) is 118 Å². The van der Waals surface area contributed by atoms with Crippen LogP contribution in [0.3, 0.4) is 0 Å². The number of ketones is 1. The Bertz CT molecular complexity index is 2810. The molecule has 4 aliphatic rings. The third-order valence-electron chi connectivity index (χ3n) is 12.5. The molecule has 376 valence electrons. The van der Waals surface area contributed by atoms with Crippen molar-refractivity contribution < 1.29 is 44.3 Å². The van der Waals surface area contributed by atoms with Crippen LogP contribution in [-0.4, -0.2) is 158 Å². The SMILES string of the molecule is C[C@H]1CN(S(=O)(=O)N(Cc2ccc(-c3nnc(C(F)F)o3)cn2)c2cccc(Cl)c2)CCN1C1COC1.C[C@H]1CN(S(=O)(=O)N(Cc2ccc(C(=O)CN)cn2)c2cccc(Cl)c2)CCN1C1COC1. The minimum Gasteiger partial charge on any atom is -0.415 e. The van der Waals surface area contributed by atoms with Crippen LogP contribution in [0.1, 0.15) is 47.9 Å². The lowest BCUT2D eigenvalue weighted by molar-refractivity contribution is -0.0873. The number of nitrogens with zero attached hydrogens (tertiary/aromatic N) is 10. The van der Waals surface area contributed by atoms with E-state index in [9.17, 15) is 30.4 Å². The lowest BCUT2D eigenvalue weighted by Crippen LogP contribution is -2.62. The molecule has 4 fully saturated rings. The first-order valence-electron chi connectivity index (χ1n) is 22.5. The number of pyridine rings is 2. The van der Waals surface area contributed by atoms with Crippen LogP contribution >= 0.6 is 23.2 Å². The summed E-state index contributed by atoms with van der Waals surface area (Å²) in [7, 11) is -7.82. The Balaban J connectivity index is 0.000000190. The van der Waals surface area contributed by atoms with E-state index >= 15 is 0 Å². The number of Topliss-reactive ketones (excluding diaryl/α,β-unsaturated/α-hetero) is 1. The van der Waals surface area contributed by atoms with Gasteiger partial charge in [0.15, 0.2) is 5.78 Å². The fourth-order valence-electron chi connectivity index (χ4n) is 8.54. The molecule has 7 heterocycles. The number of ether oxygens (including phenoxy) is 2. The molecule has 25 heteroatoms. The van der Waals surface area contributed by atoms with Crippen molar-refractivity contribution in [2.75, 3.05) is 80.9 Å². The van der Waals surface area contributed by atoms with E-state index in [1.165, 1.54) is 29.6 Å². The van der Waals surface area contributed by atoms with Crippen LogP contribution < -0.4 is 14.3 Å². The maximum atomic E-state index is 13.9. The van der Waals surface area contributed by atoms with Crippen molar-refractivity contribution in [1.82, 2.24) is 38.6 Å². The summed E-state index contributed by atoms with van der Waals surface area (Å²) < 4.78 is 102. The highest BCUT2D eigenvalue weighted by Gasteiger charge is 2.41. The normalized spacial score (nSPS) is 20.1. The Kier molecular flexibility index (Phi) is 16.4. The van der Waals surface area contributed by atoms with Gasteiger partial charge in [-0.2, -0.15) is 34.2 Å². The number of halogens is 4. The zero-order valence-corrected chi connectivity index (χ0v) is 41.5. The predicted molar refractivity (Wildman–Crippen MR) is 258 cm³/mol. The number of hydrogen-bond acceptors (Lipinski definition) is 15. The monoisotopic (exact) mass is 1050 g/mol. The molecule has 4 aliphatic heterocycles. The largest absolute Gasteiger partial charge is 0.415 e. The van der Waals surface area contributed by atoms with Gasteiger partial charge in [-0.15, -0.1) is 10.2 Å². The van der Waals surface area contributed by atoms with Crippen molar-refractivity contribution in [2.24, 2.45) is 5.73 Å². The van der Waals surface area contributed by atoms with Crippen molar-refractivity contribution in [3.8, 4) is 11.5 Å². The van der Waals surface area contributed by atoms with Crippen LogP contribution in [0.4, 0.5) is 20.2 Å². The molecule has 2 atom stereocenters. The molecule has 9 rings (SSSR count). The van der Waals surface area contributed by atoms with Crippen molar-refractivity contribution in [2.45, 2.75) is 57.5 Å². The molecule has 0 aliphatic carbocycles. The Hall–Kier alpha value is -4.79. The van der Waals surface area contributed by atoms with Gasteiger partial charge in [-0.05, 0) is 74.5 Å². The number of nitrogens with two attached hydrogens (primary N) is 1. The standard InChI is InChI=1S/C23H25ClF2N6O4S.C22H28ClN5O4S/c1-15-11-30(7-8-31(15)20-13-35-14-20)37(33,34)32(19-4-2-3-17(24)9-19)12-18-6-5-16(10-27-18)22-28-29-23(36-22)21(25)26;1-16-12-26(7-8-27(16)21-14-32-15-21)33(30,31)28(20-4-2-3-18(23)9-20)13-19-6-5-17(11-25-19)22(29)10-24/h2-6,9-10,15,20-21H,7-8,11-14H2,1H3;2-6,9,11,16,21H,7-8,10,12-15,24H2,1H3/t15-;16-/m00/s1.